The molecule has 1 aliphatic rings. The van der Waals surface area contributed by atoms with Crippen LogP contribution in [-0.4, -0.2) is 26.7 Å². The number of hydrogen-bond acceptors (Lipinski definition) is 4. The van der Waals surface area contributed by atoms with E-state index in [-0.39, 0.29) is 5.91 Å². The number of thiocarbonyl (C=S) groups is 1. The van der Waals surface area contributed by atoms with Crippen LogP contribution >= 0.6 is 35.6 Å². The molecule has 2 heterocycles. The van der Waals surface area contributed by atoms with Crippen LogP contribution in [0.3, 0.4) is 0 Å². The molecule has 0 spiro atoms. The number of carbonyl (C=O) groups is 1. The van der Waals surface area contributed by atoms with E-state index < -0.39 is 0 Å². The zero-order valence-corrected chi connectivity index (χ0v) is 14.5. The Bertz CT molecular complexity index is 760. The van der Waals surface area contributed by atoms with Crippen LogP contribution in [0.1, 0.15) is 11.3 Å². The standard InChI is InChI=1S/C17H13ClN2OS2/c18-13-6-4-12(5-7-13)8-10-20-16(21)15(23-17(20)22)11-14-3-1-2-9-19-14/h1-7,9,11H,8,10H2/b15-11+. The lowest BCUT2D eigenvalue weighted by molar-refractivity contribution is -0.122. The molecule has 1 aromatic carbocycles. The summed E-state index contributed by atoms with van der Waals surface area (Å²) in [7, 11) is 0. The number of hydrogen-bond donors (Lipinski definition) is 0. The molecule has 1 aliphatic heterocycles. The SMILES string of the molecule is O=C1/C(=C\c2ccccn2)SC(=S)N1CCc1ccc(Cl)cc1. The molecule has 1 fully saturated rings. The van der Waals surface area contributed by atoms with Gasteiger partial charge in [0.2, 0.25) is 0 Å². The van der Waals surface area contributed by atoms with Crippen molar-refractivity contribution in [3.63, 3.8) is 0 Å². The van der Waals surface area contributed by atoms with Crippen molar-refractivity contribution in [2.75, 3.05) is 6.54 Å². The highest BCUT2D eigenvalue weighted by Gasteiger charge is 2.31. The van der Waals surface area contributed by atoms with Gasteiger partial charge in [0, 0.05) is 17.8 Å². The minimum absolute atomic E-state index is 0.0559. The summed E-state index contributed by atoms with van der Waals surface area (Å²) in [6.45, 7) is 0.561. The van der Waals surface area contributed by atoms with Crippen LogP contribution in [0.2, 0.25) is 5.02 Å². The van der Waals surface area contributed by atoms with Crippen molar-refractivity contribution in [3.05, 3.63) is 69.8 Å². The van der Waals surface area contributed by atoms with Crippen molar-refractivity contribution >= 4 is 51.9 Å². The Morgan fingerprint density at radius 3 is 2.70 bits per heavy atom. The first-order chi connectivity index (χ1) is 11.1. The molecule has 1 amide bonds. The second-order valence-electron chi connectivity index (χ2n) is 4.96. The number of thioether (sulfide) groups is 1. The second kappa shape index (κ2) is 7.25. The summed E-state index contributed by atoms with van der Waals surface area (Å²) < 4.78 is 0.589. The molecule has 2 aromatic rings. The van der Waals surface area contributed by atoms with Gasteiger partial charge in [-0.25, -0.2) is 0 Å². The van der Waals surface area contributed by atoms with Gasteiger partial charge in [0.1, 0.15) is 4.32 Å². The molecule has 3 nitrogen and oxygen atoms in total. The third-order valence-corrected chi connectivity index (χ3v) is 5.01. The van der Waals surface area contributed by atoms with Gasteiger partial charge in [-0.2, -0.15) is 0 Å². The Balaban J connectivity index is 1.69. The van der Waals surface area contributed by atoms with Crippen LogP contribution in [0.5, 0.6) is 0 Å². The molecule has 1 saturated heterocycles. The smallest absolute Gasteiger partial charge is 0.266 e. The van der Waals surface area contributed by atoms with Gasteiger partial charge in [0.15, 0.2) is 0 Å². The zero-order valence-electron chi connectivity index (χ0n) is 12.1. The molecule has 0 aliphatic carbocycles. The van der Waals surface area contributed by atoms with E-state index in [1.807, 2.05) is 42.5 Å². The van der Waals surface area contributed by atoms with Crippen LogP contribution < -0.4 is 0 Å². The summed E-state index contributed by atoms with van der Waals surface area (Å²) in [5.74, 6) is -0.0559. The first-order valence-electron chi connectivity index (χ1n) is 7.04. The molecular weight excluding hydrogens is 348 g/mol. The van der Waals surface area contributed by atoms with E-state index in [1.165, 1.54) is 11.8 Å². The number of halogens is 1. The molecule has 0 N–H and O–H groups in total. The maximum Gasteiger partial charge on any atom is 0.266 e. The summed E-state index contributed by atoms with van der Waals surface area (Å²) in [4.78, 5) is 19.0. The summed E-state index contributed by atoms with van der Waals surface area (Å²) in [6, 6.07) is 13.2. The van der Waals surface area contributed by atoms with Gasteiger partial charge >= 0.3 is 0 Å². The van der Waals surface area contributed by atoms with Crippen LogP contribution in [0.25, 0.3) is 6.08 Å². The quantitative estimate of drug-likeness (QED) is 0.605. The topological polar surface area (TPSA) is 33.2 Å². The lowest BCUT2D eigenvalue weighted by Gasteiger charge is -2.14. The Kier molecular flexibility index (Phi) is 5.10. The summed E-state index contributed by atoms with van der Waals surface area (Å²) in [5, 5.41) is 0.706. The van der Waals surface area contributed by atoms with Gasteiger partial charge in [0.25, 0.3) is 5.91 Å². The van der Waals surface area contributed by atoms with Crippen LogP contribution in [0, 0.1) is 0 Å². The summed E-state index contributed by atoms with van der Waals surface area (Å²) >= 11 is 12.5. The first kappa shape index (κ1) is 16.2. The van der Waals surface area contributed by atoms with Crippen molar-refractivity contribution in [1.82, 2.24) is 9.88 Å². The Morgan fingerprint density at radius 2 is 2.00 bits per heavy atom. The second-order valence-corrected chi connectivity index (χ2v) is 7.08. The molecule has 0 unspecified atom stereocenters. The molecule has 0 saturated carbocycles. The third kappa shape index (κ3) is 3.99. The third-order valence-electron chi connectivity index (χ3n) is 3.38. The Morgan fingerprint density at radius 1 is 1.22 bits per heavy atom. The van der Waals surface area contributed by atoms with Crippen LogP contribution in [0.4, 0.5) is 0 Å². The number of nitrogens with zero attached hydrogens (tertiary/aromatic N) is 2. The van der Waals surface area contributed by atoms with Gasteiger partial charge < -0.3 is 0 Å². The lowest BCUT2D eigenvalue weighted by Crippen LogP contribution is -2.30. The zero-order chi connectivity index (χ0) is 16.2. The van der Waals surface area contributed by atoms with E-state index in [2.05, 4.69) is 4.98 Å². The van der Waals surface area contributed by atoms with Gasteiger partial charge in [-0.05, 0) is 42.3 Å². The van der Waals surface area contributed by atoms with Crippen molar-refractivity contribution in [2.45, 2.75) is 6.42 Å². The molecule has 23 heavy (non-hydrogen) atoms. The highest BCUT2D eigenvalue weighted by molar-refractivity contribution is 8.26. The van der Waals surface area contributed by atoms with E-state index in [0.29, 0.717) is 20.8 Å². The molecule has 0 radical (unpaired) electrons. The van der Waals surface area contributed by atoms with E-state index >= 15 is 0 Å². The number of aromatic nitrogens is 1. The fourth-order valence-electron chi connectivity index (χ4n) is 2.18. The average molecular weight is 361 g/mol. The first-order valence-corrected chi connectivity index (χ1v) is 8.64. The molecular formula is C17H13ClN2OS2. The van der Waals surface area contributed by atoms with Gasteiger partial charge in [-0.3, -0.25) is 14.7 Å². The predicted molar refractivity (Wildman–Crippen MR) is 99.3 cm³/mol. The van der Waals surface area contributed by atoms with Gasteiger partial charge in [0.05, 0.1) is 10.6 Å². The summed E-state index contributed by atoms with van der Waals surface area (Å²) in [6.07, 6.45) is 4.22. The van der Waals surface area contributed by atoms with Crippen molar-refractivity contribution in [1.29, 1.82) is 0 Å². The fraction of sp³-hybridized carbons (Fsp3) is 0.118. The molecule has 6 heteroatoms. The highest BCUT2D eigenvalue weighted by Crippen LogP contribution is 2.32. The molecule has 0 atom stereocenters. The number of benzene rings is 1. The van der Waals surface area contributed by atoms with E-state index in [1.54, 1.807) is 17.2 Å². The van der Waals surface area contributed by atoms with Crippen LogP contribution in [0.15, 0.2) is 53.6 Å². The lowest BCUT2D eigenvalue weighted by atomic mass is 10.1. The monoisotopic (exact) mass is 360 g/mol. The van der Waals surface area contributed by atoms with Crippen LogP contribution in [-0.2, 0) is 11.2 Å². The Hall–Kier alpha value is -1.69. The average Bonchev–Trinajstić information content (AvgIpc) is 2.82. The van der Waals surface area contributed by atoms with Crippen molar-refractivity contribution in [3.8, 4) is 0 Å². The van der Waals surface area contributed by atoms with E-state index in [4.69, 9.17) is 23.8 Å². The molecule has 0 bridgehead atoms. The van der Waals surface area contributed by atoms with Crippen molar-refractivity contribution in [2.24, 2.45) is 0 Å². The molecule has 116 valence electrons. The number of rotatable bonds is 4. The summed E-state index contributed by atoms with van der Waals surface area (Å²) in [5.41, 5.74) is 1.88. The maximum atomic E-state index is 12.5. The largest absolute Gasteiger partial charge is 0.293 e. The fourth-order valence-corrected chi connectivity index (χ4v) is 3.60. The van der Waals surface area contributed by atoms with E-state index in [9.17, 15) is 4.79 Å². The minimum Gasteiger partial charge on any atom is -0.293 e. The Labute approximate surface area is 149 Å². The number of pyridine rings is 1. The van der Waals surface area contributed by atoms with Crippen molar-refractivity contribution < 1.29 is 4.79 Å². The molecule has 3 rings (SSSR count). The maximum absolute atomic E-state index is 12.5. The van der Waals surface area contributed by atoms with Gasteiger partial charge in [-0.15, -0.1) is 0 Å². The normalized spacial score (nSPS) is 16.4. The minimum atomic E-state index is -0.0559. The number of amides is 1. The highest BCUT2D eigenvalue weighted by atomic mass is 35.5. The molecule has 1 aromatic heterocycles. The number of carbonyl (C=O) groups excluding carboxylic acids is 1. The van der Waals surface area contributed by atoms with E-state index in [0.717, 1.165) is 17.7 Å². The predicted octanol–water partition coefficient (Wildman–Crippen LogP) is 4.18. The van der Waals surface area contributed by atoms with Gasteiger partial charge in [-0.1, -0.05) is 53.8 Å².